The highest BCUT2D eigenvalue weighted by Gasteiger charge is 2.14. The van der Waals surface area contributed by atoms with Gasteiger partial charge in [0.05, 0.1) is 18.7 Å². The van der Waals surface area contributed by atoms with E-state index in [9.17, 15) is 9.59 Å². The molecule has 0 amide bonds. The average Bonchev–Trinajstić information content (AvgIpc) is 2.97. The fourth-order valence-corrected chi connectivity index (χ4v) is 1.85. The van der Waals surface area contributed by atoms with Crippen molar-refractivity contribution in [1.82, 2.24) is 19.5 Å². The van der Waals surface area contributed by atoms with Crippen molar-refractivity contribution in [2.75, 3.05) is 6.61 Å². The van der Waals surface area contributed by atoms with Gasteiger partial charge in [-0.2, -0.15) is 0 Å². The Labute approximate surface area is 131 Å². The van der Waals surface area contributed by atoms with E-state index in [1.807, 2.05) is 0 Å². The minimum atomic E-state index is -1.04. The van der Waals surface area contributed by atoms with Gasteiger partial charge in [-0.15, -0.1) is 0 Å². The third kappa shape index (κ3) is 4.07. The normalized spacial score (nSPS) is 12.2. The van der Waals surface area contributed by atoms with Crippen LogP contribution in [0.15, 0.2) is 30.4 Å². The summed E-state index contributed by atoms with van der Waals surface area (Å²) in [6.07, 6.45) is 7.41. The number of fused-ring (bicyclic) bond motifs is 1. The van der Waals surface area contributed by atoms with Gasteiger partial charge in [0.2, 0.25) is 5.91 Å². The highest BCUT2D eigenvalue weighted by molar-refractivity contribution is 5.91. The highest BCUT2D eigenvalue weighted by atomic mass is 16.4. The number of aromatic nitrogens is 4. The molecule has 23 heavy (non-hydrogen) atoms. The maximum atomic E-state index is 12.0. The van der Waals surface area contributed by atoms with Gasteiger partial charge >= 0.3 is 5.97 Å². The summed E-state index contributed by atoms with van der Waals surface area (Å²) in [7, 11) is 0. The Morgan fingerprint density at radius 2 is 2.04 bits per heavy atom. The van der Waals surface area contributed by atoms with Gasteiger partial charge in [0, 0.05) is 6.42 Å². The molecule has 2 heterocycles. The highest BCUT2D eigenvalue weighted by Crippen LogP contribution is 2.15. The summed E-state index contributed by atoms with van der Waals surface area (Å²) in [6.45, 7) is 1.76. The molecule has 8 nitrogen and oxygen atoms in total. The van der Waals surface area contributed by atoms with Crippen LogP contribution in [0.2, 0.25) is 0 Å². The Bertz CT molecular complexity index is 792. The van der Waals surface area contributed by atoms with Crippen LogP contribution in [0.25, 0.3) is 17.2 Å². The molecule has 0 aliphatic rings. The maximum absolute atomic E-state index is 12.0. The third-order valence-corrected chi connectivity index (χ3v) is 3.07. The van der Waals surface area contributed by atoms with Crippen LogP contribution in [0, 0.1) is 0 Å². The van der Waals surface area contributed by atoms with Gasteiger partial charge in [0.15, 0.2) is 5.65 Å². The summed E-state index contributed by atoms with van der Waals surface area (Å²) in [5.74, 6) is -1.42. The monoisotopic (exact) mass is 316 g/mol. The lowest BCUT2D eigenvalue weighted by Crippen LogP contribution is -2.12. The number of allylic oxidation sites excluding steroid dienone is 2. The third-order valence-electron chi connectivity index (χ3n) is 3.07. The van der Waals surface area contributed by atoms with E-state index < -0.39 is 5.97 Å². The second-order valence-electron chi connectivity index (χ2n) is 4.86. The van der Waals surface area contributed by atoms with Crippen LogP contribution in [-0.4, -0.2) is 48.2 Å². The van der Waals surface area contributed by atoms with Crippen LogP contribution in [0.5, 0.6) is 0 Å². The first-order valence-corrected chi connectivity index (χ1v) is 6.90. The Morgan fingerprint density at radius 3 is 2.74 bits per heavy atom. The second kappa shape index (κ2) is 7.41. The van der Waals surface area contributed by atoms with Gasteiger partial charge in [-0.25, -0.2) is 15.0 Å². The average molecular weight is 316 g/mol. The SMILES string of the molecule is C/C(=C\C=C\c1ncnc2c1ncn2C(=O)CCC(=O)O)CO. The fraction of sp³-hybridized carbons (Fsp3) is 0.267. The molecule has 2 N–H and O–H groups in total. The van der Waals surface area contributed by atoms with E-state index in [1.54, 1.807) is 25.2 Å². The minimum Gasteiger partial charge on any atom is -0.481 e. The van der Waals surface area contributed by atoms with E-state index in [1.165, 1.54) is 17.2 Å². The van der Waals surface area contributed by atoms with E-state index in [4.69, 9.17) is 10.2 Å². The van der Waals surface area contributed by atoms with Gasteiger partial charge in [0.25, 0.3) is 0 Å². The second-order valence-corrected chi connectivity index (χ2v) is 4.86. The Kier molecular flexibility index (Phi) is 5.32. The number of imidazole rings is 1. The van der Waals surface area contributed by atoms with E-state index in [0.717, 1.165) is 5.57 Å². The quantitative estimate of drug-likeness (QED) is 0.771. The molecule has 0 atom stereocenters. The number of aliphatic hydroxyl groups is 1. The molecule has 2 aromatic rings. The van der Waals surface area contributed by atoms with Gasteiger partial charge < -0.3 is 10.2 Å². The lowest BCUT2D eigenvalue weighted by molar-refractivity contribution is -0.136. The van der Waals surface area contributed by atoms with Crippen LogP contribution in [-0.2, 0) is 4.79 Å². The van der Waals surface area contributed by atoms with Gasteiger partial charge in [-0.3, -0.25) is 14.2 Å². The molecule has 0 aromatic carbocycles. The molecule has 0 unspecified atom stereocenters. The number of carbonyl (C=O) groups is 2. The summed E-state index contributed by atoms with van der Waals surface area (Å²) < 4.78 is 1.23. The number of hydrogen-bond acceptors (Lipinski definition) is 6. The summed E-state index contributed by atoms with van der Waals surface area (Å²) in [5.41, 5.74) is 2.10. The Hall–Kier alpha value is -2.87. The largest absolute Gasteiger partial charge is 0.481 e. The van der Waals surface area contributed by atoms with E-state index in [2.05, 4.69) is 15.0 Å². The van der Waals surface area contributed by atoms with E-state index in [0.29, 0.717) is 16.9 Å². The van der Waals surface area contributed by atoms with Crippen molar-refractivity contribution >= 4 is 29.1 Å². The maximum Gasteiger partial charge on any atom is 0.303 e. The first-order chi connectivity index (χ1) is 11.0. The molecule has 0 bridgehead atoms. The van der Waals surface area contributed by atoms with Gasteiger partial charge in [-0.1, -0.05) is 12.2 Å². The fourth-order valence-electron chi connectivity index (χ4n) is 1.85. The predicted molar refractivity (Wildman–Crippen MR) is 82.7 cm³/mol. The molecular formula is C15H16N4O4. The minimum absolute atomic E-state index is 0.0315. The van der Waals surface area contributed by atoms with Crippen molar-refractivity contribution < 1.29 is 19.8 Å². The number of aliphatic hydroxyl groups excluding tert-OH is 1. The zero-order valence-corrected chi connectivity index (χ0v) is 12.5. The number of rotatable bonds is 6. The Morgan fingerprint density at radius 1 is 1.26 bits per heavy atom. The lowest BCUT2D eigenvalue weighted by atomic mass is 10.2. The summed E-state index contributed by atoms with van der Waals surface area (Å²) in [4.78, 5) is 34.9. The van der Waals surface area contributed by atoms with Crippen LogP contribution < -0.4 is 0 Å². The first kappa shape index (κ1) is 16.5. The molecule has 0 aliphatic carbocycles. The zero-order chi connectivity index (χ0) is 16.8. The van der Waals surface area contributed by atoms with Crippen molar-refractivity contribution in [2.45, 2.75) is 19.8 Å². The predicted octanol–water partition coefficient (Wildman–Crippen LogP) is 1.28. The molecule has 2 rings (SSSR count). The molecule has 0 saturated heterocycles. The molecule has 0 radical (unpaired) electrons. The molecule has 0 aliphatic heterocycles. The van der Waals surface area contributed by atoms with Crippen LogP contribution >= 0.6 is 0 Å². The van der Waals surface area contributed by atoms with Crippen LogP contribution in [0.3, 0.4) is 0 Å². The number of hydrogen-bond donors (Lipinski definition) is 2. The van der Waals surface area contributed by atoms with Gasteiger partial charge in [0.1, 0.15) is 18.2 Å². The summed E-state index contributed by atoms with van der Waals surface area (Å²) in [5, 5.41) is 17.6. The van der Waals surface area contributed by atoms with Gasteiger partial charge in [-0.05, 0) is 18.6 Å². The van der Waals surface area contributed by atoms with Crippen molar-refractivity contribution in [3.63, 3.8) is 0 Å². The van der Waals surface area contributed by atoms with Crippen molar-refractivity contribution in [3.05, 3.63) is 36.1 Å². The topological polar surface area (TPSA) is 118 Å². The van der Waals surface area contributed by atoms with E-state index >= 15 is 0 Å². The molecule has 120 valence electrons. The number of carboxylic acids is 1. The lowest BCUT2D eigenvalue weighted by Gasteiger charge is -2.01. The number of carboxylic acid groups (broad SMARTS) is 1. The van der Waals surface area contributed by atoms with Crippen molar-refractivity contribution in [3.8, 4) is 0 Å². The molecule has 2 aromatic heterocycles. The number of nitrogens with zero attached hydrogens (tertiary/aromatic N) is 4. The molecule has 0 spiro atoms. The van der Waals surface area contributed by atoms with Crippen molar-refractivity contribution in [1.29, 1.82) is 0 Å². The molecular weight excluding hydrogens is 300 g/mol. The number of carbonyl (C=O) groups excluding carboxylic acids is 1. The van der Waals surface area contributed by atoms with E-state index in [-0.39, 0.29) is 25.4 Å². The standard InChI is InChI=1S/C15H16N4O4/c1-10(7-20)3-2-4-11-14-15(17-8-16-11)19(9-18-14)12(21)5-6-13(22)23/h2-4,8-9,20H,5-7H2,1H3,(H,22,23)/b4-2+,10-3+. The molecule has 0 fully saturated rings. The smallest absolute Gasteiger partial charge is 0.303 e. The molecule has 0 saturated carbocycles. The Balaban J connectivity index is 2.30. The first-order valence-electron chi connectivity index (χ1n) is 6.90. The number of aliphatic carboxylic acids is 1. The van der Waals surface area contributed by atoms with Crippen molar-refractivity contribution in [2.24, 2.45) is 0 Å². The molecule has 8 heteroatoms. The van der Waals surface area contributed by atoms with Crippen LogP contribution in [0.4, 0.5) is 0 Å². The summed E-state index contributed by atoms with van der Waals surface area (Å²) in [6, 6.07) is 0. The van der Waals surface area contributed by atoms with Crippen LogP contribution in [0.1, 0.15) is 30.3 Å². The summed E-state index contributed by atoms with van der Waals surface area (Å²) >= 11 is 0. The zero-order valence-electron chi connectivity index (χ0n) is 12.5.